The Morgan fingerprint density at radius 3 is 1.81 bits per heavy atom. The highest BCUT2D eigenvalue weighted by Gasteiger charge is 2.36. The van der Waals surface area contributed by atoms with Crippen molar-refractivity contribution in [3.8, 4) is 0 Å². The largest absolute Gasteiger partial charge is 0.459 e. The number of hydrogen-bond donors (Lipinski definition) is 1. The second-order valence-electron chi connectivity index (χ2n) is 8.52. The van der Waals surface area contributed by atoms with Crippen LogP contribution in [0.2, 0.25) is 0 Å². The molecule has 166 valence electrons. The van der Waals surface area contributed by atoms with E-state index in [1.54, 1.807) is 0 Å². The topological polar surface area (TPSA) is 64.6 Å². The van der Waals surface area contributed by atoms with E-state index in [4.69, 9.17) is 9.47 Å². The van der Waals surface area contributed by atoms with Gasteiger partial charge in [-0.05, 0) is 37.5 Å². The SMILES string of the molecule is CC(C)(C)OC(=O)[C@@H](c1ccccc1)[C@@H](NC(=O)OCc1ccccc1)c1ccccc1. The van der Waals surface area contributed by atoms with Crippen LogP contribution in [-0.4, -0.2) is 17.7 Å². The van der Waals surface area contributed by atoms with Crippen LogP contribution in [0, 0.1) is 0 Å². The third-order valence-electron chi connectivity index (χ3n) is 4.80. The molecule has 3 rings (SSSR count). The number of benzene rings is 3. The quantitative estimate of drug-likeness (QED) is 0.482. The maximum absolute atomic E-state index is 13.3. The molecule has 0 heterocycles. The van der Waals surface area contributed by atoms with Crippen LogP contribution in [0.1, 0.15) is 49.4 Å². The Balaban J connectivity index is 1.90. The highest BCUT2D eigenvalue weighted by atomic mass is 16.6. The van der Waals surface area contributed by atoms with Crippen LogP contribution in [0.3, 0.4) is 0 Å². The van der Waals surface area contributed by atoms with Crippen molar-refractivity contribution in [3.63, 3.8) is 0 Å². The zero-order valence-corrected chi connectivity index (χ0v) is 18.7. The zero-order valence-electron chi connectivity index (χ0n) is 18.7. The predicted octanol–water partition coefficient (Wildman–Crippen LogP) is 5.78. The van der Waals surface area contributed by atoms with E-state index in [1.807, 2.05) is 112 Å². The standard InChI is InChI=1S/C27H29NO4/c1-27(2,3)32-25(29)23(21-15-9-5-10-16-21)24(22-17-11-6-12-18-22)28-26(30)31-19-20-13-7-4-8-14-20/h4-18,23-24H,19H2,1-3H3,(H,28,30)/t23-,24-/m0/s1. The van der Waals surface area contributed by atoms with Crippen molar-refractivity contribution in [1.29, 1.82) is 0 Å². The molecular formula is C27H29NO4. The van der Waals surface area contributed by atoms with Crippen molar-refractivity contribution >= 4 is 12.1 Å². The van der Waals surface area contributed by atoms with Crippen LogP contribution in [-0.2, 0) is 20.9 Å². The molecule has 0 saturated heterocycles. The number of nitrogens with one attached hydrogen (secondary N) is 1. The van der Waals surface area contributed by atoms with Gasteiger partial charge in [-0.1, -0.05) is 91.0 Å². The minimum atomic E-state index is -0.748. The van der Waals surface area contributed by atoms with Gasteiger partial charge in [-0.25, -0.2) is 4.79 Å². The molecule has 0 aliphatic rings. The molecule has 3 aromatic rings. The summed E-state index contributed by atoms with van der Waals surface area (Å²) in [6, 6.07) is 27.5. The van der Waals surface area contributed by atoms with Gasteiger partial charge in [-0.15, -0.1) is 0 Å². The molecule has 32 heavy (non-hydrogen) atoms. The molecule has 5 nitrogen and oxygen atoms in total. The van der Waals surface area contributed by atoms with E-state index >= 15 is 0 Å². The van der Waals surface area contributed by atoms with Crippen molar-refractivity contribution in [2.75, 3.05) is 0 Å². The molecule has 5 heteroatoms. The molecule has 0 unspecified atom stereocenters. The Morgan fingerprint density at radius 2 is 1.28 bits per heavy atom. The first-order valence-corrected chi connectivity index (χ1v) is 10.6. The van der Waals surface area contributed by atoms with E-state index in [1.165, 1.54) is 0 Å². The fraction of sp³-hybridized carbons (Fsp3) is 0.259. The number of esters is 1. The maximum atomic E-state index is 13.3. The van der Waals surface area contributed by atoms with E-state index in [2.05, 4.69) is 5.32 Å². The van der Waals surface area contributed by atoms with Crippen LogP contribution in [0.15, 0.2) is 91.0 Å². The average Bonchev–Trinajstić information content (AvgIpc) is 2.78. The number of alkyl carbamates (subject to hydrolysis) is 1. The molecule has 2 atom stereocenters. The Bertz CT molecular complexity index is 998. The molecule has 0 radical (unpaired) electrons. The monoisotopic (exact) mass is 431 g/mol. The Morgan fingerprint density at radius 1 is 0.781 bits per heavy atom. The Labute approximate surface area is 189 Å². The number of carbonyl (C=O) groups is 2. The van der Waals surface area contributed by atoms with Crippen molar-refractivity contribution in [1.82, 2.24) is 5.32 Å². The number of hydrogen-bond acceptors (Lipinski definition) is 4. The third kappa shape index (κ3) is 6.71. The highest BCUT2D eigenvalue weighted by Crippen LogP contribution is 2.33. The van der Waals surface area contributed by atoms with Crippen molar-refractivity contribution in [2.45, 2.75) is 44.9 Å². The molecule has 3 aromatic carbocycles. The summed E-state index contributed by atoms with van der Waals surface area (Å²) in [6.07, 6.45) is -0.604. The van der Waals surface area contributed by atoms with Gasteiger partial charge in [0.15, 0.2) is 0 Å². The number of carbonyl (C=O) groups excluding carboxylic acids is 2. The predicted molar refractivity (Wildman–Crippen MR) is 124 cm³/mol. The van der Waals surface area contributed by atoms with Crippen molar-refractivity contribution in [2.24, 2.45) is 0 Å². The fourth-order valence-electron chi connectivity index (χ4n) is 3.40. The van der Waals surface area contributed by atoms with Gasteiger partial charge in [0.25, 0.3) is 0 Å². The third-order valence-corrected chi connectivity index (χ3v) is 4.80. The fourth-order valence-corrected chi connectivity index (χ4v) is 3.40. The lowest BCUT2D eigenvalue weighted by molar-refractivity contribution is -0.157. The lowest BCUT2D eigenvalue weighted by atomic mass is 9.87. The molecule has 0 bridgehead atoms. The normalized spacial score (nSPS) is 13.0. The number of rotatable bonds is 7. The minimum absolute atomic E-state index is 0.136. The van der Waals surface area contributed by atoms with Gasteiger partial charge in [-0.3, -0.25) is 4.79 Å². The maximum Gasteiger partial charge on any atom is 0.407 e. The van der Waals surface area contributed by atoms with Gasteiger partial charge in [0.2, 0.25) is 0 Å². The summed E-state index contributed by atoms with van der Waals surface area (Å²) in [6.45, 7) is 5.61. The first kappa shape index (κ1) is 23.1. The highest BCUT2D eigenvalue weighted by molar-refractivity contribution is 5.81. The summed E-state index contributed by atoms with van der Waals surface area (Å²) in [7, 11) is 0. The second kappa shape index (κ2) is 10.6. The summed E-state index contributed by atoms with van der Waals surface area (Å²) in [4.78, 5) is 26.1. The first-order valence-electron chi connectivity index (χ1n) is 10.6. The molecule has 0 aliphatic carbocycles. The van der Waals surface area contributed by atoms with Gasteiger partial charge in [0, 0.05) is 0 Å². The number of amides is 1. The average molecular weight is 432 g/mol. The van der Waals surface area contributed by atoms with E-state index in [0.717, 1.165) is 16.7 Å². The van der Waals surface area contributed by atoms with Gasteiger partial charge >= 0.3 is 12.1 Å². The smallest absolute Gasteiger partial charge is 0.407 e. The zero-order chi connectivity index (χ0) is 23.0. The first-order chi connectivity index (χ1) is 15.3. The molecule has 0 saturated carbocycles. The molecule has 0 aromatic heterocycles. The molecule has 1 amide bonds. The number of ether oxygens (including phenoxy) is 2. The van der Waals surface area contributed by atoms with E-state index in [-0.39, 0.29) is 6.61 Å². The summed E-state index contributed by atoms with van der Waals surface area (Å²) in [5.74, 6) is -1.16. The van der Waals surface area contributed by atoms with Gasteiger partial charge in [0.05, 0.1) is 6.04 Å². The second-order valence-corrected chi connectivity index (χ2v) is 8.52. The molecule has 0 aliphatic heterocycles. The summed E-state index contributed by atoms with van der Waals surface area (Å²) in [5.41, 5.74) is 1.74. The van der Waals surface area contributed by atoms with Gasteiger partial charge in [-0.2, -0.15) is 0 Å². The summed E-state index contributed by atoms with van der Waals surface area (Å²) < 4.78 is 11.2. The summed E-state index contributed by atoms with van der Waals surface area (Å²) >= 11 is 0. The lowest BCUT2D eigenvalue weighted by Crippen LogP contribution is -2.38. The molecular weight excluding hydrogens is 402 g/mol. The van der Waals surface area contributed by atoms with Crippen LogP contribution in [0.25, 0.3) is 0 Å². The lowest BCUT2D eigenvalue weighted by Gasteiger charge is -2.30. The summed E-state index contributed by atoms with van der Waals surface area (Å²) in [5, 5.41) is 2.91. The van der Waals surface area contributed by atoms with Crippen LogP contribution in [0.5, 0.6) is 0 Å². The van der Waals surface area contributed by atoms with E-state index in [9.17, 15) is 9.59 Å². The minimum Gasteiger partial charge on any atom is -0.459 e. The molecule has 1 N–H and O–H groups in total. The van der Waals surface area contributed by atoms with Crippen molar-refractivity contribution < 1.29 is 19.1 Å². The Kier molecular flexibility index (Phi) is 7.66. The van der Waals surface area contributed by atoms with Crippen LogP contribution >= 0.6 is 0 Å². The van der Waals surface area contributed by atoms with Crippen molar-refractivity contribution in [3.05, 3.63) is 108 Å². The van der Waals surface area contributed by atoms with Crippen LogP contribution < -0.4 is 5.32 Å². The molecule has 0 spiro atoms. The Hall–Kier alpha value is -3.60. The van der Waals surface area contributed by atoms with Gasteiger partial charge in [0.1, 0.15) is 18.1 Å². The van der Waals surface area contributed by atoms with Gasteiger partial charge < -0.3 is 14.8 Å². The molecule has 0 fully saturated rings. The van der Waals surface area contributed by atoms with Crippen LogP contribution in [0.4, 0.5) is 4.79 Å². The van der Waals surface area contributed by atoms with E-state index in [0.29, 0.717) is 0 Å². The van der Waals surface area contributed by atoms with E-state index < -0.39 is 29.6 Å².